The third-order valence-corrected chi connectivity index (χ3v) is 11.7. The van der Waals surface area contributed by atoms with Gasteiger partial charge in [0.15, 0.2) is 21.5 Å². The van der Waals surface area contributed by atoms with Crippen molar-refractivity contribution in [2.24, 2.45) is 0 Å². The minimum atomic E-state index is -6.29. The molecule has 1 aliphatic carbocycles. The Morgan fingerprint density at radius 1 is 0.829 bits per heavy atom. The number of halogens is 6. The molecule has 230 valence electrons. The fraction of sp³-hybridized carbons (Fsp3) is 0.583. The number of sulfonamides is 1. The van der Waals surface area contributed by atoms with Crippen molar-refractivity contribution in [1.29, 1.82) is 0 Å². The number of rotatable bonds is 9. The fourth-order valence-electron chi connectivity index (χ4n) is 4.77. The molecule has 2 fully saturated rings. The Morgan fingerprint density at radius 3 is 2.07 bits per heavy atom. The normalized spacial score (nSPS) is 21.6. The van der Waals surface area contributed by atoms with E-state index in [0.29, 0.717) is 16.5 Å². The zero-order valence-corrected chi connectivity index (χ0v) is 23.9. The summed E-state index contributed by atoms with van der Waals surface area (Å²) in [7, 11) is -11.8. The third kappa shape index (κ3) is 8.33. The quantitative estimate of drug-likeness (QED) is 0.238. The highest BCUT2D eigenvalue weighted by Gasteiger charge is 2.41. The molecule has 1 saturated heterocycles. The zero-order chi connectivity index (χ0) is 30.1. The number of benzene rings is 2. The van der Waals surface area contributed by atoms with E-state index >= 15 is 0 Å². The number of nitrogens with zero attached hydrogens (tertiary/aromatic N) is 1. The molecule has 17 heteroatoms. The van der Waals surface area contributed by atoms with Crippen LogP contribution in [0.25, 0.3) is 14.9 Å². The van der Waals surface area contributed by atoms with Crippen LogP contribution in [0.3, 0.4) is 0 Å². The summed E-state index contributed by atoms with van der Waals surface area (Å²) >= 11 is 0. The summed E-state index contributed by atoms with van der Waals surface area (Å²) in [6.07, 6.45) is -2.51. The van der Waals surface area contributed by atoms with Gasteiger partial charge in [0, 0.05) is 16.3 Å². The van der Waals surface area contributed by atoms with Crippen LogP contribution in [0.15, 0.2) is 35.2 Å². The van der Waals surface area contributed by atoms with Gasteiger partial charge >= 0.3 is 11.7 Å². The maximum absolute atomic E-state index is 13.0. The van der Waals surface area contributed by atoms with Crippen LogP contribution in [-0.4, -0.2) is 58.8 Å². The molecule has 0 spiro atoms. The largest absolute Gasteiger partial charge is 0.490 e. The molecule has 2 aromatic carbocycles. The van der Waals surface area contributed by atoms with E-state index in [1.807, 2.05) is 10.2 Å². The maximum Gasteiger partial charge on any atom is 0.480 e. The third-order valence-electron chi connectivity index (χ3n) is 6.56. The Bertz CT molecular complexity index is 1430. The number of ether oxygens (including phenoxy) is 2. The Hall–Kier alpha value is -1.95. The van der Waals surface area contributed by atoms with Gasteiger partial charge in [0.2, 0.25) is 10.3 Å². The Balaban J connectivity index is 1.49. The summed E-state index contributed by atoms with van der Waals surface area (Å²) in [5.41, 5.74) is -5.89. The molecule has 1 saturated carbocycles. The van der Waals surface area contributed by atoms with Crippen LogP contribution >= 0.6 is 0 Å². The van der Waals surface area contributed by atoms with E-state index in [1.54, 1.807) is 18.2 Å². The molecular weight excluding hydrogens is 624 g/mol. The van der Waals surface area contributed by atoms with Crippen LogP contribution in [0.1, 0.15) is 44.9 Å². The lowest BCUT2D eigenvalue weighted by atomic mass is 9.95. The molecule has 0 N–H and O–H groups in total. The van der Waals surface area contributed by atoms with Crippen molar-refractivity contribution >= 4 is 42.0 Å². The van der Waals surface area contributed by atoms with Gasteiger partial charge in [0.1, 0.15) is 23.0 Å². The molecule has 0 bridgehead atoms. The summed E-state index contributed by atoms with van der Waals surface area (Å²) in [4.78, 5) is 0.907. The average molecular weight is 652 g/mol. The van der Waals surface area contributed by atoms with E-state index in [-0.39, 0.29) is 42.3 Å². The smallest absolute Gasteiger partial charge is 0.480 e. The van der Waals surface area contributed by atoms with Gasteiger partial charge in [-0.1, -0.05) is 12.1 Å². The molecule has 2 aliphatic rings. The van der Waals surface area contributed by atoms with Gasteiger partial charge in [0.25, 0.3) is 0 Å². The van der Waals surface area contributed by atoms with Crippen LogP contribution < -0.4 is 9.47 Å². The number of alkyl halides is 6. The zero-order valence-electron chi connectivity index (χ0n) is 21.4. The molecule has 0 radical (unpaired) electrons. The van der Waals surface area contributed by atoms with Gasteiger partial charge in [-0.15, -0.1) is 0 Å². The van der Waals surface area contributed by atoms with E-state index in [4.69, 9.17) is 9.47 Å². The fourth-order valence-corrected chi connectivity index (χ4v) is 9.25. The predicted octanol–water partition coefficient (Wildman–Crippen LogP) is 6.12. The van der Waals surface area contributed by atoms with Crippen LogP contribution in [0.2, 0.25) is 0 Å². The van der Waals surface area contributed by atoms with Gasteiger partial charge in [-0.25, -0.2) is 16.8 Å². The molecular formula is C24H27F6NO7S3. The van der Waals surface area contributed by atoms with Crippen molar-refractivity contribution in [3.05, 3.63) is 34.5 Å². The first-order chi connectivity index (χ1) is 19.0. The second-order valence-corrected chi connectivity index (χ2v) is 14.9. The summed E-state index contributed by atoms with van der Waals surface area (Å²) in [6, 6.07) is 8.38. The van der Waals surface area contributed by atoms with Crippen molar-refractivity contribution < 1.29 is 56.8 Å². The van der Waals surface area contributed by atoms with Crippen LogP contribution in [0.4, 0.5) is 26.3 Å². The minimum Gasteiger partial charge on any atom is -0.490 e. The number of hydrogen-bond acceptors (Lipinski definition) is 7. The highest BCUT2D eigenvalue weighted by molar-refractivity contribution is 8.10. The predicted molar refractivity (Wildman–Crippen MR) is 140 cm³/mol. The molecule has 0 atom stereocenters. The Labute approximate surface area is 236 Å². The van der Waals surface area contributed by atoms with Gasteiger partial charge in [-0.3, -0.25) is 4.18 Å². The standard InChI is InChI=1S/C24H27F6NO7S3/c25-23(26,27)15-36-20-6-4-5-18-19(11-12-21(22(18)20)39-13-2-1-3-14-39)37-16-7-9-17(10-8-16)38-41(34,35)31-40(32,33)24(28,29)30/h4-6,11-12,16-17H,1-3,7-10,13-15H2. The molecule has 0 aromatic heterocycles. The van der Waals surface area contributed by atoms with Crippen molar-refractivity contribution in [3.8, 4) is 11.5 Å². The molecule has 0 unspecified atom stereocenters. The first-order valence-corrected chi connectivity index (χ1v) is 17.0. The highest BCUT2D eigenvalue weighted by atomic mass is 32.3. The van der Waals surface area contributed by atoms with Crippen LogP contribution in [0.5, 0.6) is 11.5 Å². The molecule has 2 aromatic rings. The van der Waals surface area contributed by atoms with E-state index in [9.17, 15) is 43.2 Å². The lowest BCUT2D eigenvalue weighted by molar-refractivity contribution is -0.153. The van der Waals surface area contributed by atoms with E-state index in [0.717, 1.165) is 35.7 Å². The minimum absolute atomic E-state index is 0.0187. The summed E-state index contributed by atoms with van der Waals surface area (Å²) in [5, 5.41) is 1.12. The van der Waals surface area contributed by atoms with Crippen molar-refractivity contribution in [1.82, 2.24) is 0 Å². The molecule has 1 heterocycles. The SMILES string of the molecule is O=S(=O)([N-]S(=O)(=O)C(F)(F)F)OC1CCC(Oc2ccc([S+]3CCCCC3)c3c(OCC(F)(F)F)cccc23)CC1. The van der Waals surface area contributed by atoms with Crippen molar-refractivity contribution in [2.45, 2.75) is 73.7 Å². The van der Waals surface area contributed by atoms with E-state index in [2.05, 4.69) is 4.18 Å². The number of fused-ring (bicyclic) bond motifs is 1. The Morgan fingerprint density at radius 2 is 1.46 bits per heavy atom. The van der Waals surface area contributed by atoms with Gasteiger partial charge in [-0.2, -0.15) is 26.3 Å². The average Bonchev–Trinajstić information content (AvgIpc) is 2.87. The topological polar surface area (TPSA) is 110 Å². The first-order valence-electron chi connectivity index (χ1n) is 12.6. The highest BCUT2D eigenvalue weighted by Crippen LogP contribution is 2.41. The molecule has 8 nitrogen and oxygen atoms in total. The summed E-state index contributed by atoms with van der Waals surface area (Å²) in [6.45, 7) is -1.45. The maximum atomic E-state index is 13.0. The molecule has 1 aliphatic heterocycles. The lowest BCUT2D eigenvalue weighted by Gasteiger charge is -2.31. The first kappa shape index (κ1) is 32.0. The van der Waals surface area contributed by atoms with Gasteiger partial charge < -0.3 is 13.6 Å². The van der Waals surface area contributed by atoms with Gasteiger partial charge in [0.05, 0.1) is 17.6 Å². The molecule has 4 rings (SSSR count). The van der Waals surface area contributed by atoms with Crippen molar-refractivity contribution in [2.75, 3.05) is 18.1 Å². The molecule has 0 amide bonds. The van der Waals surface area contributed by atoms with Gasteiger partial charge in [-0.05, 0) is 63.1 Å². The second kappa shape index (κ2) is 12.3. The monoisotopic (exact) mass is 651 g/mol. The van der Waals surface area contributed by atoms with Crippen LogP contribution in [-0.2, 0) is 35.4 Å². The molecule has 41 heavy (non-hydrogen) atoms. The lowest BCUT2D eigenvalue weighted by Crippen LogP contribution is -2.31. The van der Waals surface area contributed by atoms with E-state index < -0.39 is 50.8 Å². The van der Waals surface area contributed by atoms with E-state index in [1.165, 1.54) is 6.07 Å². The Kier molecular flexibility index (Phi) is 9.63. The summed E-state index contributed by atoms with van der Waals surface area (Å²) in [5.74, 6) is 2.34. The van der Waals surface area contributed by atoms with Crippen LogP contribution in [0, 0.1) is 0 Å². The second-order valence-electron chi connectivity index (χ2n) is 9.64. The summed E-state index contributed by atoms with van der Waals surface area (Å²) < 4.78 is 140. The number of hydrogen-bond donors (Lipinski definition) is 0. The van der Waals surface area contributed by atoms with Crippen molar-refractivity contribution in [3.63, 3.8) is 0 Å².